The minimum atomic E-state index is -0.921. The number of carbonyl (C=O) groups excluding carboxylic acids is 3. The van der Waals surface area contributed by atoms with Crippen LogP contribution < -0.4 is 4.90 Å². The molecule has 1 aromatic heterocycles. The number of imide groups is 1. The second-order valence-electron chi connectivity index (χ2n) is 8.40. The molecule has 0 radical (unpaired) electrons. The number of pyridine rings is 1. The number of amides is 3. The summed E-state index contributed by atoms with van der Waals surface area (Å²) < 4.78 is 0. The Morgan fingerprint density at radius 1 is 0.941 bits per heavy atom. The second-order valence-corrected chi connectivity index (χ2v) is 8.40. The maximum Gasteiger partial charge on any atom is 0.262 e. The molecule has 7 heteroatoms. The molecule has 34 heavy (non-hydrogen) atoms. The Morgan fingerprint density at radius 3 is 2.12 bits per heavy atom. The van der Waals surface area contributed by atoms with Crippen LogP contribution in [-0.4, -0.2) is 40.2 Å². The van der Waals surface area contributed by atoms with Gasteiger partial charge in [0.2, 0.25) is 5.91 Å². The Kier molecular flexibility index (Phi) is 7.84. The fourth-order valence-corrected chi connectivity index (χ4v) is 4.45. The van der Waals surface area contributed by atoms with Gasteiger partial charge in [0.1, 0.15) is 6.04 Å². The topological polar surface area (TPSA) is 70.6 Å². The molecule has 0 bridgehead atoms. The fourth-order valence-electron chi connectivity index (χ4n) is 4.45. The number of benzene rings is 2. The smallest absolute Gasteiger partial charge is 0.262 e. The molecule has 0 fully saturated rings. The molecule has 0 saturated carbocycles. The molecule has 176 valence electrons. The van der Waals surface area contributed by atoms with Gasteiger partial charge < -0.3 is 4.90 Å². The maximum atomic E-state index is 13.8. The van der Waals surface area contributed by atoms with Gasteiger partial charge in [-0.15, -0.1) is 12.4 Å². The summed E-state index contributed by atoms with van der Waals surface area (Å²) >= 11 is 0. The molecule has 1 atom stereocenters. The predicted octanol–water partition coefficient (Wildman–Crippen LogP) is 4.77. The summed E-state index contributed by atoms with van der Waals surface area (Å²) in [5.41, 5.74) is 4.56. The van der Waals surface area contributed by atoms with Gasteiger partial charge in [-0.25, -0.2) is 0 Å². The van der Waals surface area contributed by atoms with Gasteiger partial charge in [0.15, 0.2) is 0 Å². The van der Waals surface area contributed by atoms with E-state index in [1.54, 1.807) is 42.3 Å². The van der Waals surface area contributed by atoms with Crippen molar-refractivity contribution in [2.24, 2.45) is 0 Å². The number of aromatic nitrogens is 1. The lowest BCUT2D eigenvalue weighted by atomic mass is 10.1. The average Bonchev–Trinajstić information content (AvgIpc) is 3.08. The predicted molar refractivity (Wildman–Crippen MR) is 134 cm³/mol. The summed E-state index contributed by atoms with van der Waals surface area (Å²) in [5, 5.41) is 0. The Morgan fingerprint density at radius 2 is 1.56 bits per heavy atom. The molecule has 0 spiro atoms. The van der Waals surface area contributed by atoms with E-state index in [0.717, 1.165) is 40.1 Å². The Bertz CT molecular complexity index is 1160. The minimum absolute atomic E-state index is 0. The number of rotatable bonds is 7. The molecule has 0 saturated heterocycles. The van der Waals surface area contributed by atoms with Crippen LogP contribution in [0.3, 0.4) is 0 Å². The molecule has 3 aromatic rings. The van der Waals surface area contributed by atoms with Crippen molar-refractivity contribution >= 4 is 35.8 Å². The summed E-state index contributed by atoms with van der Waals surface area (Å²) in [4.78, 5) is 46.7. The summed E-state index contributed by atoms with van der Waals surface area (Å²) in [6.45, 7) is 6.03. The van der Waals surface area contributed by atoms with E-state index in [9.17, 15) is 14.4 Å². The standard InChI is InChI=1S/C27H27N3O3.ClH/c1-18-9-6-10-19(2)24(18)29(16-8-12-21-11-7-15-28-17-21)25(31)20(3)30-26(32)22-13-4-5-14-23(22)27(30)33;/h4-7,9-11,13-15,17,20H,8,12,16H2,1-3H3;1H/t20-;/m1./s1. The van der Waals surface area contributed by atoms with Crippen molar-refractivity contribution in [2.45, 2.75) is 39.7 Å². The quantitative estimate of drug-likeness (QED) is 0.459. The Hall–Kier alpha value is -3.51. The van der Waals surface area contributed by atoms with E-state index in [-0.39, 0.29) is 18.3 Å². The Labute approximate surface area is 206 Å². The third-order valence-electron chi connectivity index (χ3n) is 6.12. The number of fused-ring (bicyclic) bond motifs is 1. The summed E-state index contributed by atoms with van der Waals surface area (Å²) in [7, 11) is 0. The van der Waals surface area contributed by atoms with Crippen molar-refractivity contribution < 1.29 is 14.4 Å². The minimum Gasteiger partial charge on any atom is -0.310 e. The highest BCUT2D eigenvalue weighted by molar-refractivity contribution is 6.23. The van der Waals surface area contributed by atoms with E-state index < -0.39 is 17.9 Å². The number of hydrogen-bond acceptors (Lipinski definition) is 4. The van der Waals surface area contributed by atoms with Gasteiger partial charge >= 0.3 is 0 Å². The molecule has 0 unspecified atom stereocenters. The lowest BCUT2D eigenvalue weighted by Crippen LogP contribution is -2.50. The summed E-state index contributed by atoms with van der Waals surface area (Å²) in [6.07, 6.45) is 5.05. The van der Waals surface area contributed by atoms with Gasteiger partial charge in [0.25, 0.3) is 11.8 Å². The first kappa shape index (κ1) is 25.1. The highest BCUT2D eigenvalue weighted by Crippen LogP contribution is 2.29. The van der Waals surface area contributed by atoms with Crippen LogP contribution in [0.1, 0.15) is 50.8 Å². The van der Waals surface area contributed by atoms with Gasteiger partial charge in [-0.1, -0.05) is 36.4 Å². The van der Waals surface area contributed by atoms with Crippen molar-refractivity contribution in [2.75, 3.05) is 11.4 Å². The molecular formula is C27H28ClN3O3. The number of aryl methyl sites for hydroxylation is 3. The molecule has 1 aliphatic heterocycles. The Balaban J connectivity index is 0.00000324. The average molecular weight is 478 g/mol. The van der Waals surface area contributed by atoms with Crippen LogP contribution in [0.4, 0.5) is 5.69 Å². The first-order valence-corrected chi connectivity index (χ1v) is 11.1. The first-order valence-electron chi connectivity index (χ1n) is 11.1. The lowest BCUT2D eigenvalue weighted by Gasteiger charge is -2.31. The second kappa shape index (κ2) is 10.6. The monoisotopic (exact) mass is 477 g/mol. The molecular weight excluding hydrogens is 450 g/mol. The van der Waals surface area contributed by atoms with Crippen molar-refractivity contribution in [1.82, 2.24) is 9.88 Å². The number of anilines is 1. The van der Waals surface area contributed by atoms with Gasteiger partial charge in [-0.2, -0.15) is 0 Å². The van der Waals surface area contributed by atoms with Crippen molar-refractivity contribution in [3.05, 3.63) is 94.8 Å². The first-order chi connectivity index (χ1) is 15.9. The number of halogens is 1. The van der Waals surface area contributed by atoms with Gasteiger partial charge in [-0.05, 0) is 68.5 Å². The highest BCUT2D eigenvalue weighted by atomic mass is 35.5. The van der Waals surface area contributed by atoms with E-state index >= 15 is 0 Å². The van der Waals surface area contributed by atoms with E-state index in [4.69, 9.17) is 0 Å². The van der Waals surface area contributed by atoms with Crippen LogP contribution in [0.15, 0.2) is 67.0 Å². The van der Waals surface area contributed by atoms with Crippen molar-refractivity contribution in [1.29, 1.82) is 0 Å². The lowest BCUT2D eigenvalue weighted by molar-refractivity contribution is -0.122. The third kappa shape index (κ3) is 4.73. The van der Waals surface area contributed by atoms with Crippen LogP contribution >= 0.6 is 12.4 Å². The molecule has 0 N–H and O–H groups in total. The molecule has 2 aromatic carbocycles. The number of hydrogen-bond donors (Lipinski definition) is 0. The van der Waals surface area contributed by atoms with E-state index in [1.807, 2.05) is 50.4 Å². The molecule has 4 rings (SSSR count). The van der Waals surface area contributed by atoms with Crippen molar-refractivity contribution in [3.8, 4) is 0 Å². The fraction of sp³-hybridized carbons (Fsp3) is 0.259. The third-order valence-corrected chi connectivity index (χ3v) is 6.12. The van der Waals surface area contributed by atoms with Crippen LogP contribution in [0, 0.1) is 13.8 Å². The molecule has 1 aliphatic rings. The SMILES string of the molecule is Cc1cccc(C)c1N(CCCc1cccnc1)C(=O)[C@@H](C)N1C(=O)c2ccccc2C1=O.Cl. The summed E-state index contributed by atoms with van der Waals surface area (Å²) in [5.74, 6) is -1.12. The van der Waals surface area contributed by atoms with Crippen LogP contribution in [0.2, 0.25) is 0 Å². The zero-order valence-electron chi connectivity index (χ0n) is 19.5. The van der Waals surface area contributed by atoms with Gasteiger partial charge in [0, 0.05) is 24.6 Å². The van der Waals surface area contributed by atoms with Gasteiger partial charge in [0.05, 0.1) is 11.1 Å². The van der Waals surface area contributed by atoms with Gasteiger partial charge in [-0.3, -0.25) is 24.3 Å². The molecule has 3 amide bonds. The molecule has 0 aliphatic carbocycles. The zero-order chi connectivity index (χ0) is 23.5. The van der Waals surface area contributed by atoms with Crippen LogP contribution in [0.5, 0.6) is 0 Å². The van der Waals surface area contributed by atoms with Crippen molar-refractivity contribution in [3.63, 3.8) is 0 Å². The molecule has 2 heterocycles. The summed E-state index contributed by atoms with van der Waals surface area (Å²) in [6, 6.07) is 15.6. The normalized spacial score (nSPS) is 13.3. The van der Waals surface area contributed by atoms with Crippen LogP contribution in [-0.2, 0) is 11.2 Å². The van der Waals surface area contributed by atoms with E-state index in [1.165, 1.54) is 0 Å². The zero-order valence-corrected chi connectivity index (χ0v) is 20.3. The number of para-hydroxylation sites is 1. The maximum absolute atomic E-state index is 13.8. The van der Waals surface area contributed by atoms with E-state index in [0.29, 0.717) is 17.7 Å². The highest BCUT2D eigenvalue weighted by Gasteiger charge is 2.42. The molecule has 6 nitrogen and oxygen atoms in total. The van der Waals surface area contributed by atoms with Crippen LogP contribution in [0.25, 0.3) is 0 Å². The largest absolute Gasteiger partial charge is 0.310 e. The van der Waals surface area contributed by atoms with E-state index in [2.05, 4.69) is 4.98 Å². The number of carbonyl (C=O) groups is 3. The number of nitrogens with zero attached hydrogens (tertiary/aromatic N) is 3.